The predicted molar refractivity (Wildman–Crippen MR) is 114 cm³/mol. The number of nitrogens with one attached hydrogen (secondary N) is 1. The highest BCUT2D eigenvalue weighted by molar-refractivity contribution is 7.56. The highest BCUT2D eigenvalue weighted by Gasteiger charge is 2.20. The van der Waals surface area contributed by atoms with Crippen LogP contribution in [0, 0.1) is 0 Å². The van der Waals surface area contributed by atoms with Gasteiger partial charge in [0.05, 0.1) is 12.8 Å². The van der Waals surface area contributed by atoms with E-state index in [-0.39, 0.29) is 18.6 Å². The SMILES string of the molecule is CCCCOC(=O)N[C@H](C)Cc1ccc(OC[P@](=O)(O)Cc2ccccc2)cc1. The standard InChI is InChI=1S/C22H30NO5P/c1-3-4-14-27-22(24)23-18(2)15-19-10-12-21(13-11-19)28-17-29(25,26)16-20-8-6-5-7-9-20/h5-13,18H,3-4,14-17H2,1-2H3,(H,23,24)(H,25,26)/t18-/m1/s1. The molecule has 2 rings (SSSR count). The highest BCUT2D eigenvalue weighted by atomic mass is 31.2. The maximum Gasteiger partial charge on any atom is 0.407 e. The van der Waals surface area contributed by atoms with Gasteiger partial charge in [-0.1, -0.05) is 55.8 Å². The van der Waals surface area contributed by atoms with Crippen LogP contribution < -0.4 is 10.1 Å². The molecule has 0 fully saturated rings. The fourth-order valence-corrected chi connectivity index (χ4v) is 3.99. The van der Waals surface area contributed by atoms with Crippen molar-refractivity contribution in [2.24, 2.45) is 0 Å². The molecule has 0 radical (unpaired) electrons. The van der Waals surface area contributed by atoms with Crippen molar-refractivity contribution in [1.82, 2.24) is 5.32 Å². The van der Waals surface area contributed by atoms with Crippen LogP contribution in [0.3, 0.4) is 0 Å². The number of benzene rings is 2. The summed E-state index contributed by atoms with van der Waals surface area (Å²) in [6.07, 6.45) is 1.94. The van der Waals surface area contributed by atoms with Crippen LogP contribution in [0.4, 0.5) is 4.79 Å². The van der Waals surface area contributed by atoms with Crippen molar-refractivity contribution >= 4 is 13.5 Å². The predicted octanol–water partition coefficient (Wildman–Crippen LogP) is 4.95. The number of carbonyl (C=O) groups excluding carboxylic acids is 1. The quantitative estimate of drug-likeness (QED) is 0.398. The minimum atomic E-state index is -3.43. The number of carbonyl (C=O) groups is 1. The van der Waals surface area contributed by atoms with Gasteiger partial charge in [0.2, 0.25) is 7.37 Å². The molecule has 2 N–H and O–H groups in total. The molecule has 6 nitrogen and oxygen atoms in total. The molecule has 1 amide bonds. The Morgan fingerprint density at radius 1 is 1.10 bits per heavy atom. The molecule has 0 aliphatic carbocycles. The summed E-state index contributed by atoms with van der Waals surface area (Å²) < 4.78 is 23.0. The van der Waals surface area contributed by atoms with Crippen molar-refractivity contribution in [3.63, 3.8) is 0 Å². The van der Waals surface area contributed by atoms with Crippen molar-refractivity contribution in [3.8, 4) is 5.75 Å². The first-order chi connectivity index (χ1) is 13.9. The van der Waals surface area contributed by atoms with E-state index < -0.39 is 13.5 Å². The van der Waals surface area contributed by atoms with E-state index in [2.05, 4.69) is 5.32 Å². The molecule has 0 heterocycles. The zero-order valence-electron chi connectivity index (χ0n) is 17.0. The van der Waals surface area contributed by atoms with Gasteiger partial charge in [-0.05, 0) is 43.0 Å². The Labute approximate surface area is 172 Å². The van der Waals surface area contributed by atoms with Gasteiger partial charge in [-0.3, -0.25) is 4.57 Å². The first-order valence-corrected chi connectivity index (χ1v) is 11.9. The fraction of sp³-hybridized carbons (Fsp3) is 0.409. The second-order valence-electron chi connectivity index (χ2n) is 7.15. The first-order valence-electron chi connectivity index (χ1n) is 9.88. The average molecular weight is 419 g/mol. The number of alkyl carbamates (subject to hydrolysis) is 1. The third-order valence-electron chi connectivity index (χ3n) is 4.27. The fourth-order valence-electron chi connectivity index (χ4n) is 2.77. The molecular formula is C22H30NO5P. The molecule has 7 heteroatoms. The molecule has 0 spiro atoms. The maximum absolute atomic E-state index is 12.3. The summed E-state index contributed by atoms with van der Waals surface area (Å²) in [5.41, 5.74) is 1.84. The monoisotopic (exact) mass is 419 g/mol. The molecule has 0 unspecified atom stereocenters. The van der Waals surface area contributed by atoms with Crippen LogP contribution >= 0.6 is 7.37 Å². The van der Waals surface area contributed by atoms with E-state index in [4.69, 9.17) is 9.47 Å². The third-order valence-corrected chi connectivity index (χ3v) is 5.66. The molecule has 0 bridgehead atoms. The summed E-state index contributed by atoms with van der Waals surface area (Å²) in [7, 11) is -3.43. The summed E-state index contributed by atoms with van der Waals surface area (Å²) in [4.78, 5) is 21.8. The first kappa shape index (κ1) is 23.0. The zero-order valence-corrected chi connectivity index (χ0v) is 17.9. The Balaban J connectivity index is 1.77. The second kappa shape index (κ2) is 11.6. The van der Waals surface area contributed by atoms with E-state index in [0.717, 1.165) is 24.0 Å². The van der Waals surface area contributed by atoms with Crippen molar-refractivity contribution < 1.29 is 23.7 Å². The summed E-state index contributed by atoms with van der Waals surface area (Å²) >= 11 is 0. The minimum absolute atomic E-state index is 0.0700. The van der Waals surface area contributed by atoms with Gasteiger partial charge in [0.1, 0.15) is 5.75 Å². The van der Waals surface area contributed by atoms with Crippen molar-refractivity contribution in [1.29, 1.82) is 0 Å². The number of hydrogen-bond acceptors (Lipinski definition) is 4. The molecule has 2 aromatic rings. The normalized spacial score (nSPS) is 13.9. The molecule has 0 saturated heterocycles. The number of amides is 1. The maximum atomic E-state index is 12.3. The smallest absolute Gasteiger partial charge is 0.407 e. The molecule has 2 atom stereocenters. The number of unbranched alkanes of at least 4 members (excludes halogenated alkanes) is 1. The molecular weight excluding hydrogens is 389 g/mol. The Bertz CT molecular complexity index is 795. The molecule has 2 aromatic carbocycles. The second-order valence-corrected chi connectivity index (χ2v) is 9.41. The molecule has 0 aliphatic rings. The van der Waals surface area contributed by atoms with Crippen molar-refractivity contribution in [2.45, 2.75) is 45.3 Å². The zero-order chi connectivity index (χ0) is 21.1. The topological polar surface area (TPSA) is 84.9 Å². The number of ether oxygens (including phenoxy) is 2. The molecule has 29 heavy (non-hydrogen) atoms. The Kier molecular flexibility index (Phi) is 9.23. The summed E-state index contributed by atoms with van der Waals surface area (Å²) in [5.74, 6) is 0.538. The van der Waals surface area contributed by atoms with Crippen LogP contribution in [-0.4, -0.2) is 30.0 Å². The lowest BCUT2D eigenvalue weighted by molar-refractivity contribution is 0.141. The lowest BCUT2D eigenvalue weighted by atomic mass is 10.1. The Morgan fingerprint density at radius 2 is 1.79 bits per heavy atom. The Hall–Kier alpha value is -2.30. The van der Waals surface area contributed by atoms with Crippen LogP contribution in [0.5, 0.6) is 5.75 Å². The molecule has 0 saturated carbocycles. The number of hydrogen-bond donors (Lipinski definition) is 2. The van der Waals surface area contributed by atoms with Gasteiger partial charge in [-0.25, -0.2) is 4.79 Å². The summed E-state index contributed by atoms with van der Waals surface area (Å²) in [5, 5.41) is 2.81. The Morgan fingerprint density at radius 3 is 2.45 bits per heavy atom. The van der Waals surface area contributed by atoms with Crippen molar-refractivity contribution in [3.05, 3.63) is 65.7 Å². The van der Waals surface area contributed by atoms with Gasteiger partial charge >= 0.3 is 6.09 Å². The van der Waals surface area contributed by atoms with Gasteiger partial charge < -0.3 is 19.7 Å². The third kappa shape index (κ3) is 9.16. The minimum Gasteiger partial charge on any atom is -0.484 e. The molecule has 0 aliphatic heterocycles. The van der Waals surface area contributed by atoms with Gasteiger partial charge in [0, 0.05) is 6.04 Å². The van der Waals surface area contributed by atoms with E-state index in [0.29, 0.717) is 18.8 Å². The summed E-state index contributed by atoms with van der Waals surface area (Å²) in [6, 6.07) is 16.4. The van der Waals surface area contributed by atoms with Gasteiger partial charge in [-0.2, -0.15) is 0 Å². The van der Waals surface area contributed by atoms with E-state index in [1.165, 1.54) is 0 Å². The van der Waals surface area contributed by atoms with Gasteiger partial charge in [-0.15, -0.1) is 0 Å². The van der Waals surface area contributed by atoms with Crippen LogP contribution in [0.1, 0.15) is 37.8 Å². The average Bonchev–Trinajstić information content (AvgIpc) is 2.68. The van der Waals surface area contributed by atoms with E-state index in [1.54, 1.807) is 12.1 Å². The van der Waals surface area contributed by atoms with Gasteiger partial charge in [0.25, 0.3) is 0 Å². The molecule has 0 aromatic heterocycles. The van der Waals surface area contributed by atoms with E-state index in [9.17, 15) is 14.3 Å². The lowest BCUT2D eigenvalue weighted by Crippen LogP contribution is -2.34. The van der Waals surface area contributed by atoms with E-state index in [1.807, 2.05) is 56.3 Å². The lowest BCUT2D eigenvalue weighted by Gasteiger charge is -2.15. The number of rotatable bonds is 11. The summed E-state index contributed by atoms with van der Waals surface area (Å²) in [6.45, 7) is 4.39. The largest absolute Gasteiger partial charge is 0.484 e. The van der Waals surface area contributed by atoms with Crippen LogP contribution in [0.25, 0.3) is 0 Å². The van der Waals surface area contributed by atoms with Crippen LogP contribution in [0.2, 0.25) is 0 Å². The van der Waals surface area contributed by atoms with Crippen LogP contribution in [-0.2, 0) is 21.9 Å². The highest BCUT2D eigenvalue weighted by Crippen LogP contribution is 2.44. The van der Waals surface area contributed by atoms with E-state index >= 15 is 0 Å². The van der Waals surface area contributed by atoms with Crippen LogP contribution in [0.15, 0.2) is 54.6 Å². The van der Waals surface area contributed by atoms with Gasteiger partial charge in [0.15, 0.2) is 6.35 Å². The molecule has 158 valence electrons. The van der Waals surface area contributed by atoms with Crippen molar-refractivity contribution in [2.75, 3.05) is 13.0 Å².